The van der Waals surface area contributed by atoms with E-state index in [1.165, 1.54) is 0 Å². The minimum Gasteiger partial charge on any atom is -0.352 e. The van der Waals surface area contributed by atoms with Crippen molar-refractivity contribution >= 4 is 11.8 Å². The fraction of sp³-hybridized carbons (Fsp3) is 0.647. The molecule has 1 saturated heterocycles. The molecule has 0 bridgehead atoms. The number of nitrogens with one attached hydrogen (secondary N) is 1. The van der Waals surface area contributed by atoms with E-state index >= 15 is 0 Å². The number of hydrogen-bond acceptors (Lipinski definition) is 4. The summed E-state index contributed by atoms with van der Waals surface area (Å²) >= 11 is 0. The number of nitrogens with zero attached hydrogens (tertiary/aromatic N) is 3. The molecule has 1 aromatic heterocycles. The van der Waals surface area contributed by atoms with Crippen LogP contribution in [0.2, 0.25) is 0 Å². The minimum absolute atomic E-state index is 0.0324. The quantitative estimate of drug-likeness (QED) is 0.901. The van der Waals surface area contributed by atoms with Crippen LogP contribution in [0.3, 0.4) is 0 Å². The van der Waals surface area contributed by atoms with Crippen molar-refractivity contribution in [1.29, 1.82) is 0 Å². The van der Waals surface area contributed by atoms with Crippen LogP contribution in [-0.2, 0) is 4.79 Å². The molecule has 0 unspecified atom stereocenters. The van der Waals surface area contributed by atoms with Gasteiger partial charge < -0.3 is 10.2 Å². The van der Waals surface area contributed by atoms with E-state index in [0.29, 0.717) is 24.2 Å². The predicted octanol–water partition coefficient (Wildman–Crippen LogP) is 2.04. The first-order valence-electron chi connectivity index (χ1n) is 8.23. The zero-order valence-corrected chi connectivity index (χ0v) is 14.6. The van der Waals surface area contributed by atoms with Gasteiger partial charge in [0, 0.05) is 37.2 Å². The van der Waals surface area contributed by atoms with Gasteiger partial charge in [-0.05, 0) is 27.2 Å². The van der Waals surface area contributed by atoms with Gasteiger partial charge >= 0.3 is 0 Å². The fourth-order valence-corrected chi connectivity index (χ4v) is 2.71. The van der Waals surface area contributed by atoms with Crippen LogP contribution in [0.15, 0.2) is 6.20 Å². The largest absolute Gasteiger partial charge is 0.352 e. The topological polar surface area (TPSA) is 75.2 Å². The van der Waals surface area contributed by atoms with E-state index in [1.54, 1.807) is 11.1 Å². The summed E-state index contributed by atoms with van der Waals surface area (Å²) < 4.78 is 0. The zero-order chi connectivity index (χ0) is 17.1. The molecule has 2 rings (SSSR count). The third-order valence-corrected chi connectivity index (χ3v) is 4.13. The van der Waals surface area contributed by atoms with Gasteiger partial charge in [-0.1, -0.05) is 13.8 Å². The molecular weight excluding hydrogens is 292 g/mol. The Morgan fingerprint density at radius 1 is 1.39 bits per heavy atom. The van der Waals surface area contributed by atoms with Crippen molar-refractivity contribution in [3.8, 4) is 0 Å². The Morgan fingerprint density at radius 2 is 2.09 bits per heavy atom. The predicted molar refractivity (Wildman–Crippen MR) is 88.2 cm³/mol. The number of rotatable bonds is 5. The van der Waals surface area contributed by atoms with E-state index < -0.39 is 0 Å². The lowest BCUT2D eigenvalue weighted by Gasteiger charge is -2.29. The molecule has 1 N–H and O–H groups in total. The molecule has 0 spiro atoms. The maximum absolute atomic E-state index is 12.9. The Balaban J connectivity index is 2.19. The Kier molecular flexibility index (Phi) is 5.34. The molecule has 1 aliphatic heterocycles. The Morgan fingerprint density at radius 3 is 2.57 bits per heavy atom. The third kappa shape index (κ3) is 4.06. The average molecular weight is 318 g/mol. The van der Waals surface area contributed by atoms with Crippen LogP contribution in [0.1, 0.15) is 68.3 Å². The number of amides is 2. The monoisotopic (exact) mass is 318 g/mol. The molecule has 1 fully saturated rings. The summed E-state index contributed by atoms with van der Waals surface area (Å²) in [6, 6.07) is 0.0780. The van der Waals surface area contributed by atoms with Gasteiger partial charge in [-0.25, -0.2) is 9.97 Å². The molecule has 2 amide bonds. The molecule has 1 aromatic rings. The van der Waals surface area contributed by atoms with Crippen LogP contribution < -0.4 is 5.32 Å². The molecule has 1 aliphatic rings. The summed E-state index contributed by atoms with van der Waals surface area (Å²) in [5.41, 5.74) is 1.24. The highest BCUT2D eigenvalue weighted by atomic mass is 16.2. The molecule has 2 heterocycles. The van der Waals surface area contributed by atoms with Crippen molar-refractivity contribution in [3.63, 3.8) is 0 Å². The van der Waals surface area contributed by atoms with Gasteiger partial charge in [0.15, 0.2) is 0 Å². The highest BCUT2D eigenvalue weighted by Gasteiger charge is 2.28. The number of carbonyl (C=O) groups excluding carboxylic acids is 2. The molecule has 0 aromatic carbocycles. The molecule has 1 atom stereocenters. The second-order valence-corrected chi connectivity index (χ2v) is 6.74. The van der Waals surface area contributed by atoms with Crippen LogP contribution in [0.4, 0.5) is 0 Å². The molecular formula is C17H26N4O2. The first kappa shape index (κ1) is 17.4. The third-order valence-electron chi connectivity index (χ3n) is 4.13. The summed E-state index contributed by atoms with van der Waals surface area (Å²) in [5, 5.41) is 2.92. The van der Waals surface area contributed by atoms with Gasteiger partial charge in [-0.2, -0.15) is 0 Å². The van der Waals surface area contributed by atoms with Gasteiger partial charge in [0.05, 0.1) is 11.3 Å². The second kappa shape index (κ2) is 7.06. The Bertz CT molecular complexity index is 598. The van der Waals surface area contributed by atoms with Crippen LogP contribution in [0, 0.1) is 6.92 Å². The average Bonchev–Trinajstić information content (AvgIpc) is 2.89. The summed E-state index contributed by atoms with van der Waals surface area (Å²) in [6.45, 7) is 10.4. The highest BCUT2D eigenvalue weighted by molar-refractivity contribution is 5.95. The van der Waals surface area contributed by atoms with Gasteiger partial charge in [-0.15, -0.1) is 0 Å². The number of aryl methyl sites for hydroxylation is 1. The van der Waals surface area contributed by atoms with E-state index in [4.69, 9.17) is 0 Å². The lowest BCUT2D eigenvalue weighted by atomic mass is 10.1. The summed E-state index contributed by atoms with van der Waals surface area (Å²) in [4.78, 5) is 34.8. The van der Waals surface area contributed by atoms with Gasteiger partial charge in [-0.3, -0.25) is 9.59 Å². The number of carbonyl (C=O) groups is 2. The summed E-state index contributed by atoms with van der Waals surface area (Å²) in [6.07, 6.45) is 2.94. The van der Waals surface area contributed by atoms with Crippen molar-refractivity contribution in [2.45, 2.75) is 65.5 Å². The van der Waals surface area contributed by atoms with E-state index in [2.05, 4.69) is 15.3 Å². The van der Waals surface area contributed by atoms with Gasteiger partial charge in [0.1, 0.15) is 5.82 Å². The minimum atomic E-state index is -0.0750. The zero-order valence-electron chi connectivity index (χ0n) is 14.6. The van der Waals surface area contributed by atoms with Crippen LogP contribution in [0.5, 0.6) is 0 Å². The first-order chi connectivity index (χ1) is 10.8. The smallest absolute Gasteiger partial charge is 0.257 e. The molecule has 0 radical (unpaired) electrons. The van der Waals surface area contributed by atoms with E-state index in [0.717, 1.165) is 12.2 Å². The SMILES string of the molecule is Cc1nc(C(C)C)ncc1C(=O)N(C[C@@H]1CCC(=O)N1)C(C)C. The van der Waals surface area contributed by atoms with Crippen molar-refractivity contribution < 1.29 is 9.59 Å². The Hall–Kier alpha value is -1.98. The highest BCUT2D eigenvalue weighted by Crippen LogP contribution is 2.17. The molecule has 23 heavy (non-hydrogen) atoms. The molecule has 126 valence electrons. The summed E-state index contributed by atoms with van der Waals surface area (Å²) in [5.74, 6) is 0.965. The van der Waals surface area contributed by atoms with Crippen molar-refractivity contribution in [3.05, 3.63) is 23.3 Å². The second-order valence-electron chi connectivity index (χ2n) is 6.74. The molecule has 0 saturated carbocycles. The summed E-state index contributed by atoms with van der Waals surface area (Å²) in [7, 11) is 0. The van der Waals surface area contributed by atoms with Crippen molar-refractivity contribution in [1.82, 2.24) is 20.2 Å². The molecule has 6 nitrogen and oxygen atoms in total. The fourth-order valence-electron chi connectivity index (χ4n) is 2.71. The van der Waals surface area contributed by atoms with Crippen LogP contribution in [-0.4, -0.2) is 45.3 Å². The number of hydrogen-bond donors (Lipinski definition) is 1. The van der Waals surface area contributed by atoms with Crippen LogP contribution >= 0.6 is 0 Å². The first-order valence-corrected chi connectivity index (χ1v) is 8.23. The Labute approximate surface area is 137 Å². The number of aromatic nitrogens is 2. The van der Waals surface area contributed by atoms with Crippen molar-refractivity contribution in [2.75, 3.05) is 6.54 Å². The molecule has 0 aliphatic carbocycles. The van der Waals surface area contributed by atoms with E-state index in [1.807, 2.05) is 34.6 Å². The maximum Gasteiger partial charge on any atom is 0.257 e. The normalized spacial score (nSPS) is 17.7. The van der Waals surface area contributed by atoms with Gasteiger partial charge in [0.2, 0.25) is 5.91 Å². The lowest BCUT2D eigenvalue weighted by Crippen LogP contribution is -2.45. The van der Waals surface area contributed by atoms with E-state index in [-0.39, 0.29) is 29.8 Å². The maximum atomic E-state index is 12.9. The standard InChI is InChI=1S/C17H26N4O2/c1-10(2)16-18-8-14(12(5)19-16)17(23)21(11(3)4)9-13-6-7-15(22)20-13/h8,10-11,13H,6-7,9H2,1-5H3,(H,20,22)/t13-/m0/s1. The lowest BCUT2D eigenvalue weighted by molar-refractivity contribution is -0.119. The van der Waals surface area contributed by atoms with E-state index in [9.17, 15) is 9.59 Å². The van der Waals surface area contributed by atoms with Crippen LogP contribution in [0.25, 0.3) is 0 Å². The van der Waals surface area contributed by atoms with Crippen molar-refractivity contribution in [2.24, 2.45) is 0 Å². The van der Waals surface area contributed by atoms with Gasteiger partial charge in [0.25, 0.3) is 5.91 Å². The molecule has 6 heteroatoms.